The zero-order chi connectivity index (χ0) is 47.4. The zero-order valence-corrected chi connectivity index (χ0v) is 43.8. The van der Waals surface area contributed by atoms with Crippen molar-refractivity contribution in [2.24, 2.45) is 0 Å². The molecule has 0 spiro atoms. The van der Waals surface area contributed by atoms with Gasteiger partial charge in [0.15, 0.2) is 0 Å². The lowest BCUT2D eigenvalue weighted by Crippen LogP contribution is -2.60. The van der Waals surface area contributed by atoms with Gasteiger partial charge in [-0.05, 0) is 156 Å². The van der Waals surface area contributed by atoms with Crippen LogP contribution in [0.4, 0.5) is 34.1 Å². The van der Waals surface area contributed by atoms with Crippen LogP contribution in [-0.4, -0.2) is 6.71 Å². The van der Waals surface area contributed by atoms with Gasteiger partial charge in [0.1, 0.15) is 0 Å². The molecule has 3 aliphatic rings. The SMILES string of the molecule is Cc1cc2c3c(c1)N(c1cc4c(cc1-c1ccc(C(C)(C)C)cc1)C(C)(C)CC4(C)C)c1c(sc4ccc(C(C)(C)C)cc14)B3c1cc(C(C)(C)C)ccc1N2c1ccc(C(C)(C)C)cc1. The van der Waals surface area contributed by atoms with Crippen LogP contribution in [0.1, 0.15) is 156 Å². The van der Waals surface area contributed by atoms with Crippen LogP contribution in [0, 0.1) is 6.92 Å². The van der Waals surface area contributed by atoms with Crippen molar-refractivity contribution in [2.45, 2.75) is 157 Å². The Morgan fingerprint density at radius 1 is 0.500 bits per heavy atom. The first-order valence-corrected chi connectivity index (χ1v) is 25.3. The van der Waals surface area contributed by atoms with Gasteiger partial charge in [-0.2, -0.15) is 0 Å². The topological polar surface area (TPSA) is 6.48 Å². The fourth-order valence-electron chi connectivity index (χ4n) is 11.8. The fraction of sp³-hybridized carbons (Fsp3) is 0.387. The second kappa shape index (κ2) is 14.5. The Morgan fingerprint density at radius 3 is 1.58 bits per heavy atom. The molecule has 3 heterocycles. The molecule has 1 aliphatic carbocycles. The van der Waals surface area contributed by atoms with Crippen LogP contribution in [-0.2, 0) is 32.5 Å². The molecule has 0 amide bonds. The highest BCUT2D eigenvalue weighted by atomic mass is 32.1. The van der Waals surface area contributed by atoms with Crippen molar-refractivity contribution in [3.8, 4) is 11.1 Å². The van der Waals surface area contributed by atoms with E-state index in [1.165, 1.54) is 110 Å². The van der Waals surface area contributed by atoms with Gasteiger partial charge < -0.3 is 9.80 Å². The molecule has 66 heavy (non-hydrogen) atoms. The highest BCUT2D eigenvalue weighted by molar-refractivity contribution is 7.33. The number of nitrogens with zero attached hydrogens (tertiary/aromatic N) is 2. The third-order valence-electron chi connectivity index (χ3n) is 15.3. The van der Waals surface area contributed by atoms with E-state index in [0.717, 1.165) is 6.42 Å². The number of thiophene rings is 1. The number of benzene rings is 6. The third kappa shape index (κ3) is 7.10. The van der Waals surface area contributed by atoms with E-state index in [9.17, 15) is 0 Å². The van der Waals surface area contributed by atoms with Gasteiger partial charge in [0.2, 0.25) is 0 Å². The van der Waals surface area contributed by atoms with Gasteiger partial charge in [-0.25, -0.2) is 0 Å². The van der Waals surface area contributed by atoms with Crippen LogP contribution < -0.4 is 25.5 Å². The van der Waals surface area contributed by atoms with E-state index < -0.39 is 0 Å². The minimum absolute atomic E-state index is 0.00457. The van der Waals surface area contributed by atoms with Gasteiger partial charge >= 0.3 is 0 Å². The number of hydrogen-bond acceptors (Lipinski definition) is 3. The molecule has 0 saturated carbocycles. The smallest absolute Gasteiger partial charge is 0.264 e. The molecule has 0 N–H and O–H groups in total. The van der Waals surface area contributed by atoms with Crippen LogP contribution in [0.3, 0.4) is 0 Å². The monoisotopic (exact) mass is 887 g/mol. The molecule has 2 nitrogen and oxygen atoms in total. The fourth-order valence-corrected chi connectivity index (χ4v) is 13.1. The van der Waals surface area contributed by atoms with E-state index in [1.807, 2.05) is 11.3 Å². The van der Waals surface area contributed by atoms with Crippen LogP contribution in [0.5, 0.6) is 0 Å². The van der Waals surface area contributed by atoms with Gasteiger partial charge in [-0.15, -0.1) is 11.3 Å². The number of rotatable bonds is 3. The zero-order valence-electron chi connectivity index (χ0n) is 43.0. The summed E-state index contributed by atoms with van der Waals surface area (Å²) in [5.41, 5.74) is 22.8. The molecule has 338 valence electrons. The summed E-state index contributed by atoms with van der Waals surface area (Å²) in [4.78, 5) is 5.34. The molecular weight excluding hydrogens is 816 g/mol. The molecule has 7 aromatic rings. The minimum atomic E-state index is -0.0155. The molecule has 0 atom stereocenters. The van der Waals surface area contributed by atoms with Gasteiger partial charge in [0.05, 0.1) is 11.4 Å². The standard InChI is InChI=1S/C62H71BN2S/c1-37-30-51-54-52(31-37)65(50-35-47-46(61(14,15)36-62(47,16)17)34-44(50)38-18-20-39(21-19-38)57(2,3)4)55-45-32-41(59(8,9)10)25-29-53(45)66-56(55)63(54)48-33-42(60(11,12)13)24-28-49(48)64(51)43-26-22-40(23-27-43)58(5,6)7/h18-35H,36H2,1-17H3. The largest absolute Gasteiger partial charge is 0.311 e. The predicted molar refractivity (Wildman–Crippen MR) is 291 cm³/mol. The normalized spacial score (nSPS) is 16.3. The van der Waals surface area contributed by atoms with Crippen molar-refractivity contribution in [1.82, 2.24) is 0 Å². The lowest BCUT2D eigenvalue weighted by atomic mass is 9.36. The van der Waals surface area contributed by atoms with E-state index >= 15 is 0 Å². The van der Waals surface area contributed by atoms with Gasteiger partial charge in [0, 0.05) is 43.2 Å². The highest BCUT2D eigenvalue weighted by Gasteiger charge is 2.48. The van der Waals surface area contributed by atoms with Gasteiger partial charge in [-0.1, -0.05) is 165 Å². The van der Waals surface area contributed by atoms with E-state index in [2.05, 4.69) is 237 Å². The average molecular weight is 887 g/mol. The van der Waals surface area contributed by atoms with E-state index in [-0.39, 0.29) is 39.2 Å². The summed E-state index contributed by atoms with van der Waals surface area (Å²) in [5, 5.41) is 1.35. The quantitative estimate of drug-likeness (QED) is 0.163. The average Bonchev–Trinajstić information content (AvgIpc) is 3.68. The number of fused-ring (bicyclic) bond motifs is 7. The Balaban J connectivity index is 1.35. The molecular formula is C62H71BN2S. The molecule has 0 saturated heterocycles. The van der Waals surface area contributed by atoms with Crippen molar-refractivity contribution >= 4 is 78.0 Å². The van der Waals surface area contributed by atoms with Crippen molar-refractivity contribution in [3.05, 3.63) is 148 Å². The maximum Gasteiger partial charge on any atom is 0.264 e. The molecule has 0 radical (unpaired) electrons. The molecule has 6 aromatic carbocycles. The highest BCUT2D eigenvalue weighted by Crippen LogP contribution is 2.56. The maximum absolute atomic E-state index is 2.75. The molecule has 4 heteroatoms. The second-order valence-corrected chi connectivity index (χ2v) is 26.7. The minimum Gasteiger partial charge on any atom is -0.311 e. The van der Waals surface area contributed by atoms with Crippen LogP contribution >= 0.6 is 11.3 Å². The van der Waals surface area contributed by atoms with E-state index in [1.54, 1.807) is 0 Å². The van der Waals surface area contributed by atoms with Crippen molar-refractivity contribution < 1.29 is 0 Å². The Kier molecular flexibility index (Phi) is 9.82. The summed E-state index contributed by atoms with van der Waals surface area (Å²) < 4.78 is 2.77. The maximum atomic E-state index is 2.75. The van der Waals surface area contributed by atoms with Gasteiger partial charge in [0.25, 0.3) is 6.71 Å². The number of aryl methyl sites for hydroxylation is 1. The lowest BCUT2D eigenvalue weighted by Gasteiger charge is -2.44. The Morgan fingerprint density at radius 2 is 1.00 bits per heavy atom. The molecule has 0 bridgehead atoms. The molecule has 2 aliphatic heterocycles. The summed E-state index contributed by atoms with van der Waals surface area (Å²) in [6, 6.07) is 43.9. The Labute approximate surface area is 401 Å². The van der Waals surface area contributed by atoms with Gasteiger partial charge in [-0.3, -0.25) is 0 Å². The first-order valence-electron chi connectivity index (χ1n) is 24.5. The first-order chi connectivity index (χ1) is 30.6. The van der Waals surface area contributed by atoms with Crippen molar-refractivity contribution in [3.63, 3.8) is 0 Å². The molecule has 1 aromatic heterocycles. The molecule has 0 fully saturated rings. The van der Waals surface area contributed by atoms with Crippen LogP contribution in [0.25, 0.3) is 21.2 Å². The third-order valence-corrected chi connectivity index (χ3v) is 16.5. The van der Waals surface area contributed by atoms with E-state index in [4.69, 9.17) is 0 Å². The summed E-state index contributed by atoms with van der Waals surface area (Å²) in [7, 11) is 0. The molecule has 10 rings (SSSR count). The van der Waals surface area contributed by atoms with Crippen LogP contribution in [0.15, 0.2) is 109 Å². The lowest BCUT2D eigenvalue weighted by molar-refractivity contribution is 0.403. The summed E-state index contributed by atoms with van der Waals surface area (Å²) in [5.74, 6) is 0. The number of anilines is 6. The van der Waals surface area contributed by atoms with Crippen molar-refractivity contribution in [1.29, 1.82) is 0 Å². The first kappa shape index (κ1) is 44.8. The summed E-state index contributed by atoms with van der Waals surface area (Å²) in [6.45, 7) is 40.2. The van der Waals surface area contributed by atoms with Crippen LogP contribution in [0.2, 0.25) is 0 Å². The van der Waals surface area contributed by atoms with E-state index in [0.29, 0.717) is 0 Å². The second-order valence-electron chi connectivity index (χ2n) is 25.6. The summed E-state index contributed by atoms with van der Waals surface area (Å²) >= 11 is 2.01. The predicted octanol–water partition coefficient (Wildman–Crippen LogP) is 16.1. The summed E-state index contributed by atoms with van der Waals surface area (Å²) in [6.07, 6.45) is 1.11. The molecule has 0 unspecified atom stereocenters. The Bertz CT molecular complexity index is 3100. The Hall–Kier alpha value is -5.06. The van der Waals surface area contributed by atoms with Crippen molar-refractivity contribution in [2.75, 3.05) is 9.80 Å². The number of hydrogen-bond donors (Lipinski definition) is 0.